The summed E-state index contributed by atoms with van der Waals surface area (Å²) in [7, 11) is 0. The number of aromatic nitrogens is 4. The van der Waals surface area contributed by atoms with Crippen molar-refractivity contribution in [2.75, 3.05) is 11.9 Å². The molecule has 4 rings (SSSR count). The maximum atomic E-state index is 10.3. The number of aliphatic hydroxyl groups excluding tert-OH is 3. The first-order chi connectivity index (χ1) is 13.6. The third-order valence-corrected chi connectivity index (χ3v) is 5.10. The number of alkyl halides is 1. The first kappa shape index (κ1) is 19.0. The van der Waals surface area contributed by atoms with Gasteiger partial charge < -0.3 is 25.4 Å². The van der Waals surface area contributed by atoms with Crippen LogP contribution < -0.4 is 5.32 Å². The first-order valence-electron chi connectivity index (χ1n) is 8.80. The Hall–Kier alpha value is -2.30. The maximum absolute atomic E-state index is 10.3. The van der Waals surface area contributed by atoms with Gasteiger partial charge in [-0.05, 0) is 11.1 Å². The van der Waals surface area contributed by atoms with Crippen LogP contribution >= 0.6 is 11.6 Å². The van der Waals surface area contributed by atoms with E-state index in [0.717, 1.165) is 11.1 Å². The normalized spacial score (nSPS) is 24.7. The number of nitrogens with one attached hydrogen (secondary N) is 1. The zero-order valence-electron chi connectivity index (χ0n) is 14.8. The Morgan fingerprint density at radius 1 is 1.07 bits per heavy atom. The van der Waals surface area contributed by atoms with Gasteiger partial charge in [-0.2, -0.15) is 0 Å². The molecule has 4 N–H and O–H groups in total. The number of rotatable bonds is 6. The molecule has 10 heteroatoms. The van der Waals surface area contributed by atoms with Crippen molar-refractivity contribution >= 4 is 28.6 Å². The lowest BCUT2D eigenvalue weighted by molar-refractivity contribution is -0.0511. The van der Waals surface area contributed by atoms with Gasteiger partial charge in [-0.15, -0.1) is 11.6 Å². The van der Waals surface area contributed by atoms with Crippen molar-refractivity contribution in [1.29, 1.82) is 0 Å². The van der Waals surface area contributed by atoms with E-state index in [0.29, 0.717) is 29.4 Å². The van der Waals surface area contributed by atoms with E-state index in [9.17, 15) is 15.3 Å². The molecule has 0 saturated carbocycles. The highest BCUT2D eigenvalue weighted by Gasteiger charge is 2.44. The Labute approximate surface area is 165 Å². The van der Waals surface area contributed by atoms with Gasteiger partial charge in [0.2, 0.25) is 0 Å². The number of aliphatic hydroxyl groups is 3. The summed E-state index contributed by atoms with van der Waals surface area (Å²) in [5, 5.41) is 32.7. The maximum Gasteiger partial charge on any atom is 0.167 e. The minimum atomic E-state index is -1.21. The molecule has 28 heavy (non-hydrogen) atoms. The zero-order valence-corrected chi connectivity index (χ0v) is 15.6. The van der Waals surface area contributed by atoms with Crippen molar-refractivity contribution in [1.82, 2.24) is 19.5 Å². The zero-order chi connectivity index (χ0) is 19.7. The third-order valence-electron chi connectivity index (χ3n) is 4.79. The molecule has 0 spiro atoms. The smallest absolute Gasteiger partial charge is 0.167 e. The quantitative estimate of drug-likeness (QED) is 0.443. The van der Waals surface area contributed by atoms with E-state index >= 15 is 0 Å². The molecular formula is C18H20ClN5O4. The van der Waals surface area contributed by atoms with Crippen LogP contribution in [0.5, 0.6) is 0 Å². The topological polar surface area (TPSA) is 126 Å². The average Bonchev–Trinajstić information content (AvgIpc) is 3.28. The predicted molar refractivity (Wildman–Crippen MR) is 102 cm³/mol. The molecule has 0 bridgehead atoms. The Bertz CT molecular complexity index is 951. The summed E-state index contributed by atoms with van der Waals surface area (Å²) in [6, 6.07) is 7.91. The number of hydrogen-bond acceptors (Lipinski definition) is 8. The number of halogens is 1. The molecule has 0 aliphatic carbocycles. The van der Waals surface area contributed by atoms with Crippen molar-refractivity contribution in [3.8, 4) is 0 Å². The summed E-state index contributed by atoms with van der Waals surface area (Å²) in [5.41, 5.74) is 3.07. The molecule has 2 aromatic heterocycles. The predicted octanol–water partition coefficient (Wildman–Crippen LogP) is 0.789. The number of nitrogens with zero attached hydrogens (tertiary/aromatic N) is 4. The van der Waals surface area contributed by atoms with Gasteiger partial charge >= 0.3 is 0 Å². The van der Waals surface area contributed by atoms with Gasteiger partial charge in [-0.3, -0.25) is 4.57 Å². The molecule has 9 nitrogen and oxygen atoms in total. The number of hydrogen-bond donors (Lipinski definition) is 4. The van der Waals surface area contributed by atoms with Crippen LogP contribution in [-0.4, -0.2) is 59.8 Å². The van der Waals surface area contributed by atoms with Crippen LogP contribution in [0.3, 0.4) is 0 Å². The fourth-order valence-corrected chi connectivity index (χ4v) is 3.39. The molecule has 1 aromatic carbocycles. The Kier molecular flexibility index (Phi) is 5.42. The largest absolute Gasteiger partial charge is 0.394 e. The molecule has 0 amide bonds. The van der Waals surface area contributed by atoms with Crippen LogP contribution in [0, 0.1) is 0 Å². The number of imidazole rings is 1. The van der Waals surface area contributed by atoms with Crippen LogP contribution in [0.4, 0.5) is 5.82 Å². The number of ether oxygens (including phenoxy) is 1. The lowest BCUT2D eigenvalue weighted by atomic mass is 10.1. The summed E-state index contributed by atoms with van der Waals surface area (Å²) in [6.07, 6.45) is -1.30. The van der Waals surface area contributed by atoms with Crippen molar-refractivity contribution in [2.45, 2.75) is 37.0 Å². The van der Waals surface area contributed by atoms with Gasteiger partial charge in [0, 0.05) is 12.4 Å². The van der Waals surface area contributed by atoms with Gasteiger partial charge in [-0.25, -0.2) is 15.0 Å². The highest BCUT2D eigenvalue weighted by Crippen LogP contribution is 2.32. The minimum absolute atomic E-state index is 0.397. The van der Waals surface area contributed by atoms with Crippen LogP contribution in [0.15, 0.2) is 36.9 Å². The number of fused-ring (bicyclic) bond motifs is 1. The highest BCUT2D eigenvalue weighted by atomic mass is 35.5. The van der Waals surface area contributed by atoms with Crippen LogP contribution in [0.1, 0.15) is 17.4 Å². The van der Waals surface area contributed by atoms with Gasteiger partial charge in [0.25, 0.3) is 0 Å². The van der Waals surface area contributed by atoms with E-state index in [1.165, 1.54) is 17.2 Å². The monoisotopic (exact) mass is 405 g/mol. The van der Waals surface area contributed by atoms with Crippen LogP contribution in [0.25, 0.3) is 11.2 Å². The summed E-state index contributed by atoms with van der Waals surface area (Å²) in [4.78, 5) is 12.8. The molecule has 1 aliphatic rings. The Balaban J connectivity index is 1.56. The van der Waals surface area contributed by atoms with E-state index in [1.54, 1.807) is 0 Å². The molecule has 3 aromatic rings. The first-order valence-corrected chi connectivity index (χ1v) is 9.33. The fraction of sp³-hybridized carbons (Fsp3) is 0.389. The van der Waals surface area contributed by atoms with Crippen molar-refractivity contribution in [2.24, 2.45) is 0 Å². The van der Waals surface area contributed by atoms with Crippen molar-refractivity contribution < 1.29 is 20.1 Å². The summed E-state index contributed by atoms with van der Waals surface area (Å²) < 4.78 is 7.09. The Morgan fingerprint density at radius 3 is 2.50 bits per heavy atom. The van der Waals surface area contributed by atoms with Gasteiger partial charge in [0.15, 0.2) is 23.2 Å². The van der Waals surface area contributed by atoms with Gasteiger partial charge in [0.05, 0.1) is 12.9 Å². The van der Waals surface area contributed by atoms with Crippen LogP contribution in [0.2, 0.25) is 0 Å². The lowest BCUT2D eigenvalue weighted by Crippen LogP contribution is -2.33. The second kappa shape index (κ2) is 7.98. The van der Waals surface area contributed by atoms with Gasteiger partial charge in [-0.1, -0.05) is 24.3 Å². The second-order valence-corrected chi connectivity index (χ2v) is 6.85. The van der Waals surface area contributed by atoms with E-state index in [1.807, 2.05) is 24.3 Å². The molecule has 0 radical (unpaired) electrons. The minimum Gasteiger partial charge on any atom is -0.394 e. The van der Waals surface area contributed by atoms with Crippen molar-refractivity contribution in [3.05, 3.63) is 48.0 Å². The molecule has 1 fully saturated rings. The standard InChI is InChI=1S/C18H20ClN5O4/c19-5-10-1-3-11(4-2-10)6-20-16-13-17(22-8-21-16)24(9-23-13)18-15(27)14(26)12(7-25)28-18/h1-4,8-9,12,14-15,18,25-27H,5-7H2,(H,20,21,22)/t12-,14-,15-,18?/m1/s1. The molecular weight excluding hydrogens is 386 g/mol. The fourth-order valence-electron chi connectivity index (χ4n) is 3.21. The SMILES string of the molecule is OC[C@H]1OC(n2cnc3c(NCc4ccc(CCl)cc4)ncnc32)[C@H](O)[C@@H]1O. The number of anilines is 1. The van der Waals surface area contributed by atoms with E-state index in [-0.39, 0.29) is 0 Å². The molecule has 1 unspecified atom stereocenters. The molecule has 4 atom stereocenters. The summed E-state index contributed by atoms with van der Waals surface area (Å²) in [6.45, 7) is 0.140. The number of benzene rings is 1. The summed E-state index contributed by atoms with van der Waals surface area (Å²) >= 11 is 5.81. The van der Waals surface area contributed by atoms with E-state index in [2.05, 4.69) is 20.3 Å². The average molecular weight is 406 g/mol. The van der Waals surface area contributed by atoms with Crippen molar-refractivity contribution in [3.63, 3.8) is 0 Å². The van der Waals surface area contributed by atoms with E-state index in [4.69, 9.17) is 16.3 Å². The second-order valence-electron chi connectivity index (χ2n) is 6.58. The molecule has 148 valence electrons. The Morgan fingerprint density at radius 2 is 1.82 bits per heavy atom. The highest BCUT2D eigenvalue weighted by molar-refractivity contribution is 6.17. The molecule has 3 heterocycles. The summed E-state index contributed by atoms with van der Waals surface area (Å²) in [5.74, 6) is 1.01. The van der Waals surface area contributed by atoms with E-state index < -0.39 is 31.1 Å². The third kappa shape index (κ3) is 3.43. The molecule has 1 aliphatic heterocycles. The van der Waals surface area contributed by atoms with Gasteiger partial charge in [0.1, 0.15) is 24.6 Å². The lowest BCUT2D eigenvalue weighted by Gasteiger charge is -2.16. The molecule has 1 saturated heterocycles. The van der Waals surface area contributed by atoms with Crippen LogP contribution in [-0.2, 0) is 17.2 Å².